The van der Waals surface area contributed by atoms with Gasteiger partial charge in [-0.05, 0) is 92.9 Å². The Morgan fingerprint density at radius 1 is 1.06 bits per heavy atom. The van der Waals surface area contributed by atoms with Crippen LogP contribution >= 0.6 is 55.2 Å². The Kier molecular flexibility index (Phi) is 7.30. The number of pyridine rings is 1. The molecule has 0 fully saturated rings. The summed E-state index contributed by atoms with van der Waals surface area (Å²) in [5.41, 5.74) is 3.48. The van der Waals surface area contributed by atoms with Crippen molar-refractivity contribution >= 4 is 66.8 Å². The number of nitrogens with one attached hydrogen (secondary N) is 1. The Morgan fingerprint density at radius 3 is 2.38 bits per heavy atom. The van der Waals surface area contributed by atoms with Crippen LogP contribution in [0.5, 0.6) is 0 Å². The minimum Gasteiger partial charge on any atom is -0.323 e. The first-order valence-electron chi connectivity index (χ1n) is 9.42. The van der Waals surface area contributed by atoms with Crippen molar-refractivity contribution in [2.75, 3.05) is 11.1 Å². The van der Waals surface area contributed by atoms with Gasteiger partial charge in [0.25, 0.3) is 0 Å². The number of carbonyl (C=O) groups is 1. The van der Waals surface area contributed by atoms with Gasteiger partial charge >= 0.3 is 0 Å². The fraction of sp³-hybridized carbons (Fsp3) is 0.0909. The molecular formula is C22H16Br2ClN5OS. The van der Waals surface area contributed by atoms with E-state index in [1.54, 1.807) is 24.5 Å². The average Bonchev–Trinajstić information content (AvgIpc) is 3.20. The first-order chi connectivity index (χ1) is 15.4. The van der Waals surface area contributed by atoms with E-state index >= 15 is 0 Å². The molecular weight excluding hydrogens is 578 g/mol. The van der Waals surface area contributed by atoms with E-state index in [1.807, 2.05) is 47.9 Å². The molecule has 0 aliphatic heterocycles. The second-order valence-electron chi connectivity index (χ2n) is 6.79. The molecule has 2 aromatic carbocycles. The third-order valence-electron chi connectivity index (χ3n) is 4.44. The molecule has 162 valence electrons. The van der Waals surface area contributed by atoms with Crippen molar-refractivity contribution in [2.24, 2.45) is 0 Å². The predicted octanol–water partition coefficient (Wildman–Crippen LogP) is 6.55. The zero-order valence-electron chi connectivity index (χ0n) is 16.7. The molecule has 0 aliphatic rings. The van der Waals surface area contributed by atoms with Gasteiger partial charge in [-0.1, -0.05) is 23.4 Å². The van der Waals surface area contributed by atoms with Crippen LogP contribution in [0.3, 0.4) is 0 Å². The van der Waals surface area contributed by atoms with Gasteiger partial charge in [-0.15, -0.1) is 10.2 Å². The van der Waals surface area contributed by atoms with Crippen LogP contribution in [0.2, 0.25) is 5.02 Å². The number of aromatic nitrogens is 4. The number of hydrogen-bond acceptors (Lipinski definition) is 5. The fourth-order valence-electron chi connectivity index (χ4n) is 3.00. The smallest absolute Gasteiger partial charge is 0.234 e. The summed E-state index contributed by atoms with van der Waals surface area (Å²) >= 11 is 14.4. The molecule has 32 heavy (non-hydrogen) atoms. The second-order valence-corrected chi connectivity index (χ2v) is 9.88. The summed E-state index contributed by atoms with van der Waals surface area (Å²) < 4.78 is 3.53. The standard InChI is InChI=1S/C22H16Br2ClN5OS/c1-13-10-17(23)20(18(24)11-13)27-19(31)12-32-22-29-28-21(14-6-8-26-9-7-14)30(22)16-4-2-15(25)3-5-16/h2-11H,12H2,1H3,(H,27,31). The van der Waals surface area contributed by atoms with Crippen LogP contribution in [0.25, 0.3) is 17.1 Å². The first-order valence-corrected chi connectivity index (χ1v) is 12.4. The number of amides is 1. The van der Waals surface area contributed by atoms with Crippen molar-refractivity contribution < 1.29 is 4.79 Å². The van der Waals surface area contributed by atoms with Crippen molar-refractivity contribution in [3.05, 3.63) is 80.5 Å². The minimum absolute atomic E-state index is 0.156. The van der Waals surface area contributed by atoms with Crippen molar-refractivity contribution in [3.63, 3.8) is 0 Å². The number of hydrogen-bond donors (Lipinski definition) is 1. The molecule has 0 aliphatic carbocycles. The second kappa shape index (κ2) is 10.2. The fourth-order valence-corrected chi connectivity index (χ4v) is 5.49. The number of benzene rings is 2. The molecule has 0 spiro atoms. The summed E-state index contributed by atoms with van der Waals surface area (Å²) in [5.74, 6) is 0.660. The largest absolute Gasteiger partial charge is 0.323 e. The molecule has 1 N–H and O–H groups in total. The SMILES string of the molecule is Cc1cc(Br)c(NC(=O)CSc2nnc(-c3ccncc3)n2-c2ccc(Cl)cc2)c(Br)c1. The van der Waals surface area contributed by atoms with Crippen molar-refractivity contribution in [1.82, 2.24) is 19.7 Å². The Hall–Kier alpha value is -2.20. The summed E-state index contributed by atoms with van der Waals surface area (Å²) in [6.45, 7) is 1.99. The minimum atomic E-state index is -0.156. The lowest BCUT2D eigenvalue weighted by atomic mass is 10.2. The molecule has 4 rings (SSSR count). The number of thioether (sulfide) groups is 1. The molecule has 0 radical (unpaired) electrons. The molecule has 0 saturated heterocycles. The molecule has 0 saturated carbocycles. The van der Waals surface area contributed by atoms with Gasteiger partial charge in [0.2, 0.25) is 5.91 Å². The Morgan fingerprint density at radius 2 is 1.72 bits per heavy atom. The zero-order valence-corrected chi connectivity index (χ0v) is 21.5. The third-order valence-corrected chi connectivity index (χ3v) is 6.87. The predicted molar refractivity (Wildman–Crippen MR) is 136 cm³/mol. The highest BCUT2D eigenvalue weighted by molar-refractivity contribution is 9.11. The average molecular weight is 594 g/mol. The lowest BCUT2D eigenvalue weighted by Crippen LogP contribution is -2.15. The monoisotopic (exact) mass is 591 g/mol. The number of aryl methyl sites for hydroxylation is 1. The number of nitrogens with zero attached hydrogens (tertiary/aromatic N) is 4. The topological polar surface area (TPSA) is 72.7 Å². The van der Waals surface area contributed by atoms with E-state index in [-0.39, 0.29) is 11.7 Å². The van der Waals surface area contributed by atoms with E-state index < -0.39 is 0 Å². The molecule has 0 bridgehead atoms. The van der Waals surface area contributed by atoms with Crippen molar-refractivity contribution in [1.29, 1.82) is 0 Å². The number of halogens is 3. The molecule has 0 unspecified atom stereocenters. The highest BCUT2D eigenvalue weighted by atomic mass is 79.9. The van der Waals surface area contributed by atoms with Crippen LogP contribution in [0.4, 0.5) is 5.69 Å². The Balaban J connectivity index is 1.59. The van der Waals surface area contributed by atoms with Crippen LogP contribution in [-0.4, -0.2) is 31.4 Å². The maximum absolute atomic E-state index is 12.7. The van der Waals surface area contributed by atoms with Crippen molar-refractivity contribution in [3.8, 4) is 17.1 Å². The van der Waals surface area contributed by atoms with Crippen LogP contribution < -0.4 is 5.32 Å². The van der Waals surface area contributed by atoms with Gasteiger partial charge in [-0.2, -0.15) is 0 Å². The summed E-state index contributed by atoms with van der Waals surface area (Å²) in [4.78, 5) is 16.8. The molecule has 10 heteroatoms. The van der Waals surface area contributed by atoms with Gasteiger partial charge in [-0.25, -0.2) is 0 Å². The maximum Gasteiger partial charge on any atom is 0.234 e. The van der Waals surface area contributed by atoms with Gasteiger partial charge in [0.05, 0.1) is 11.4 Å². The molecule has 4 aromatic rings. The quantitative estimate of drug-likeness (QED) is 0.257. The van der Waals surface area contributed by atoms with Crippen molar-refractivity contribution in [2.45, 2.75) is 12.1 Å². The van der Waals surface area contributed by atoms with Crippen LogP contribution in [0.1, 0.15) is 5.56 Å². The lowest BCUT2D eigenvalue weighted by molar-refractivity contribution is -0.113. The lowest BCUT2D eigenvalue weighted by Gasteiger charge is -2.12. The van der Waals surface area contributed by atoms with Gasteiger partial charge in [0, 0.05) is 37.6 Å². The molecule has 2 aromatic heterocycles. The van der Waals surface area contributed by atoms with Gasteiger partial charge in [-0.3, -0.25) is 14.3 Å². The van der Waals surface area contributed by atoms with Gasteiger partial charge in [0.15, 0.2) is 11.0 Å². The zero-order chi connectivity index (χ0) is 22.7. The molecule has 0 atom stereocenters. The van der Waals surface area contributed by atoms with Crippen LogP contribution in [0.15, 0.2) is 75.0 Å². The van der Waals surface area contributed by atoms with E-state index in [2.05, 4.69) is 52.4 Å². The van der Waals surface area contributed by atoms with E-state index in [9.17, 15) is 4.79 Å². The molecule has 2 heterocycles. The Labute approximate surface area is 211 Å². The van der Waals surface area contributed by atoms with Crippen LogP contribution in [-0.2, 0) is 4.79 Å². The Bertz CT molecular complexity index is 1240. The van der Waals surface area contributed by atoms with E-state index in [0.29, 0.717) is 21.7 Å². The normalized spacial score (nSPS) is 10.9. The van der Waals surface area contributed by atoms with E-state index in [0.717, 1.165) is 25.8 Å². The van der Waals surface area contributed by atoms with E-state index in [1.165, 1.54) is 11.8 Å². The summed E-state index contributed by atoms with van der Waals surface area (Å²) in [6.07, 6.45) is 3.40. The first kappa shape index (κ1) is 23.0. The van der Waals surface area contributed by atoms with E-state index in [4.69, 9.17) is 11.6 Å². The highest BCUT2D eigenvalue weighted by Crippen LogP contribution is 2.33. The summed E-state index contributed by atoms with van der Waals surface area (Å²) in [7, 11) is 0. The molecule has 6 nitrogen and oxygen atoms in total. The summed E-state index contributed by atoms with van der Waals surface area (Å²) in [5, 5.41) is 12.9. The van der Waals surface area contributed by atoms with Crippen LogP contribution in [0, 0.1) is 6.92 Å². The number of rotatable bonds is 6. The number of carbonyl (C=O) groups excluding carboxylic acids is 1. The maximum atomic E-state index is 12.7. The van der Waals surface area contributed by atoms with Gasteiger partial charge < -0.3 is 5.32 Å². The highest BCUT2D eigenvalue weighted by Gasteiger charge is 2.18. The third kappa shape index (κ3) is 5.23. The van der Waals surface area contributed by atoms with Gasteiger partial charge in [0.1, 0.15) is 0 Å². The molecule has 1 amide bonds. The number of anilines is 1. The summed E-state index contributed by atoms with van der Waals surface area (Å²) in [6, 6.07) is 15.0.